The van der Waals surface area contributed by atoms with Gasteiger partial charge in [0.25, 0.3) is 11.5 Å². The second kappa shape index (κ2) is 7.53. The summed E-state index contributed by atoms with van der Waals surface area (Å²) in [6.07, 6.45) is -1.55. The largest absolute Gasteiger partial charge is 0.446 e. The van der Waals surface area contributed by atoms with Gasteiger partial charge in [-0.3, -0.25) is 35.1 Å². The molecule has 1 aromatic heterocycles. The Balaban J connectivity index is 1.58. The molecule has 1 aliphatic rings. The summed E-state index contributed by atoms with van der Waals surface area (Å²) in [6.45, 7) is 0. The highest BCUT2D eigenvalue weighted by Crippen LogP contribution is 2.35. The molecule has 4 rings (SSSR count). The van der Waals surface area contributed by atoms with Gasteiger partial charge in [-0.25, -0.2) is 9.78 Å². The lowest BCUT2D eigenvalue weighted by atomic mass is 9.97. The van der Waals surface area contributed by atoms with E-state index in [0.29, 0.717) is 10.2 Å². The number of hydrogen-bond donors (Lipinski definition) is 1. The Morgan fingerprint density at radius 3 is 2.61 bits per heavy atom. The molecule has 1 aliphatic heterocycles. The summed E-state index contributed by atoms with van der Waals surface area (Å²) in [7, 11) is 0. The third-order valence-corrected chi connectivity index (χ3v) is 5.46. The molecular formula is C18H10N4O8S. The van der Waals surface area contributed by atoms with Gasteiger partial charge in [-0.1, -0.05) is 29.5 Å². The Morgan fingerprint density at radius 1 is 1.16 bits per heavy atom. The molecule has 2 atom stereocenters. The molecule has 0 spiro atoms. The Labute approximate surface area is 175 Å². The molecule has 0 radical (unpaired) electrons. The van der Waals surface area contributed by atoms with Crippen LogP contribution in [-0.4, -0.2) is 38.5 Å². The van der Waals surface area contributed by atoms with Gasteiger partial charge in [0.1, 0.15) is 0 Å². The second-order valence-corrected chi connectivity index (χ2v) is 7.42. The number of non-ortho nitro benzene ring substituents is 1. The molecule has 13 heteroatoms. The zero-order valence-corrected chi connectivity index (χ0v) is 16.0. The van der Waals surface area contributed by atoms with Crippen LogP contribution in [-0.2, 0) is 14.3 Å². The fourth-order valence-corrected chi connectivity index (χ4v) is 4.02. The number of carbonyl (C=O) groups excluding carboxylic acids is 3. The van der Waals surface area contributed by atoms with Gasteiger partial charge in [0, 0.05) is 22.6 Å². The number of ketones is 1. The quantitative estimate of drug-likeness (QED) is 0.260. The second-order valence-electron chi connectivity index (χ2n) is 6.39. The molecule has 0 saturated heterocycles. The number of cyclic esters (lactones) is 1. The molecule has 31 heavy (non-hydrogen) atoms. The lowest BCUT2D eigenvalue weighted by Crippen LogP contribution is -2.42. The first kappa shape index (κ1) is 20.0. The number of aromatic nitrogens is 1. The van der Waals surface area contributed by atoms with Crippen LogP contribution in [0.3, 0.4) is 0 Å². The van der Waals surface area contributed by atoms with E-state index in [2.05, 4.69) is 10.3 Å². The average molecular weight is 442 g/mol. The zero-order chi connectivity index (χ0) is 22.3. The molecule has 0 saturated carbocycles. The number of amides is 1. The Kier molecular flexibility index (Phi) is 4.87. The van der Waals surface area contributed by atoms with Crippen LogP contribution in [0.4, 0.5) is 10.8 Å². The third kappa shape index (κ3) is 3.57. The van der Waals surface area contributed by atoms with Crippen molar-refractivity contribution in [3.05, 3.63) is 73.8 Å². The number of anilines is 1. The van der Waals surface area contributed by atoms with Gasteiger partial charge in [-0.15, -0.1) is 0 Å². The molecule has 3 aromatic rings. The van der Waals surface area contributed by atoms with Crippen LogP contribution in [0.2, 0.25) is 0 Å². The molecule has 0 fully saturated rings. The maximum absolute atomic E-state index is 12.6. The highest BCUT2D eigenvalue weighted by molar-refractivity contribution is 7.22. The number of carbonyl (C=O) groups is 3. The van der Waals surface area contributed by atoms with Crippen LogP contribution >= 0.6 is 11.3 Å². The van der Waals surface area contributed by atoms with Crippen molar-refractivity contribution in [3.63, 3.8) is 0 Å². The van der Waals surface area contributed by atoms with Crippen LogP contribution in [0, 0.1) is 20.2 Å². The van der Waals surface area contributed by atoms with Crippen molar-refractivity contribution < 1.29 is 29.0 Å². The highest BCUT2D eigenvalue weighted by atomic mass is 32.1. The molecule has 1 amide bonds. The van der Waals surface area contributed by atoms with Crippen molar-refractivity contribution in [2.45, 2.75) is 12.1 Å². The number of rotatable bonds is 6. The summed E-state index contributed by atoms with van der Waals surface area (Å²) in [5, 5.41) is 24.6. The number of nitrogens with one attached hydrogen (secondary N) is 1. The van der Waals surface area contributed by atoms with Gasteiger partial charge in [0.15, 0.2) is 5.13 Å². The Bertz CT molecular complexity index is 1290. The minimum Gasteiger partial charge on any atom is -0.446 e. The van der Waals surface area contributed by atoms with Crippen molar-refractivity contribution in [2.24, 2.45) is 0 Å². The van der Waals surface area contributed by atoms with E-state index in [1.54, 1.807) is 0 Å². The Morgan fingerprint density at radius 2 is 1.90 bits per heavy atom. The van der Waals surface area contributed by atoms with Crippen molar-refractivity contribution in [3.8, 4) is 0 Å². The number of benzene rings is 2. The van der Waals surface area contributed by atoms with Crippen LogP contribution in [0.5, 0.6) is 0 Å². The first-order valence-electron chi connectivity index (χ1n) is 8.60. The number of thiazole rings is 1. The van der Waals surface area contributed by atoms with E-state index >= 15 is 0 Å². The smallest absolute Gasteiger partial charge is 0.339 e. The third-order valence-electron chi connectivity index (χ3n) is 4.53. The molecule has 12 nitrogen and oxygen atoms in total. The van der Waals surface area contributed by atoms with Gasteiger partial charge < -0.3 is 4.74 Å². The van der Waals surface area contributed by atoms with E-state index < -0.39 is 39.7 Å². The number of hydrogen-bond acceptors (Lipinski definition) is 10. The predicted octanol–water partition coefficient (Wildman–Crippen LogP) is 2.27. The molecule has 1 N–H and O–H groups in total. The van der Waals surface area contributed by atoms with Crippen molar-refractivity contribution >= 4 is 50.0 Å². The number of nitro benzene ring substituents is 1. The lowest BCUT2D eigenvalue weighted by molar-refractivity contribution is -0.518. The number of ether oxygens (including phenoxy) is 1. The summed E-state index contributed by atoms with van der Waals surface area (Å²) in [6, 6.07) is 7.57. The van der Waals surface area contributed by atoms with Gasteiger partial charge >= 0.3 is 17.9 Å². The normalized spacial score (nSPS) is 15.7. The molecular weight excluding hydrogens is 432 g/mol. The van der Waals surface area contributed by atoms with Gasteiger partial charge in [-0.2, -0.15) is 0 Å². The summed E-state index contributed by atoms with van der Waals surface area (Å²) < 4.78 is 5.38. The van der Waals surface area contributed by atoms with E-state index in [1.165, 1.54) is 42.5 Å². The fraction of sp³-hybridized carbons (Fsp3) is 0.111. The van der Waals surface area contributed by atoms with Crippen molar-refractivity contribution in [1.82, 2.24) is 4.98 Å². The first-order valence-corrected chi connectivity index (χ1v) is 9.41. The van der Waals surface area contributed by atoms with Crippen molar-refractivity contribution in [1.29, 1.82) is 0 Å². The van der Waals surface area contributed by atoms with Gasteiger partial charge in [0.05, 0.1) is 20.7 Å². The maximum Gasteiger partial charge on any atom is 0.339 e. The van der Waals surface area contributed by atoms with E-state index in [4.69, 9.17) is 4.74 Å². The average Bonchev–Trinajstić information content (AvgIpc) is 3.28. The Hall–Kier alpha value is -4.26. The molecule has 0 aliphatic carbocycles. The van der Waals surface area contributed by atoms with E-state index in [-0.39, 0.29) is 21.9 Å². The van der Waals surface area contributed by atoms with Gasteiger partial charge in [0.2, 0.25) is 6.10 Å². The lowest BCUT2D eigenvalue weighted by Gasteiger charge is -2.14. The number of Topliss-reactive ketones (excluding diaryl/α,β-unsaturated/α-hetero) is 1. The summed E-state index contributed by atoms with van der Waals surface area (Å²) in [5.41, 5.74) is 0.381. The maximum atomic E-state index is 12.6. The SMILES string of the molecule is O=C(Nc1nc2ccc([N+](=O)[O-])cc2s1)C(=O)C(C1OC(=O)c2ccccc21)[N+](=O)[O-]. The number of nitro groups is 2. The minimum absolute atomic E-state index is 0.0697. The van der Waals surface area contributed by atoms with Crippen molar-refractivity contribution in [2.75, 3.05) is 5.32 Å². The standard InChI is InChI=1S/C18H10N4O8S/c23-14(13(22(28)29)15-9-3-1-2-4-10(9)17(25)30-15)16(24)20-18-19-11-6-5-8(21(26)27)7-12(11)31-18/h1-7,13,15H,(H,19,20,24). The molecule has 2 unspecified atom stereocenters. The number of nitrogens with zero attached hydrogens (tertiary/aromatic N) is 3. The van der Waals surface area contributed by atoms with E-state index in [1.807, 2.05) is 0 Å². The number of esters is 1. The topological polar surface area (TPSA) is 172 Å². The monoisotopic (exact) mass is 442 g/mol. The fourth-order valence-electron chi connectivity index (χ4n) is 3.12. The molecule has 0 bridgehead atoms. The van der Waals surface area contributed by atoms with Crippen LogP contribution < -0.4 is 5.32 Å². The van der Waals surface area contributed by atoms with E-state index in [9.17, 15) is 34.6 Å². The predicted molar refractivity (Wildman–Crippen MR) is 105 cm³/mol. The number of fused-ring (bicyclic) bond motifs is 2. The summed E-state index contributed by atoms with van der Waals surface area (Å²) >= 11 is 0.861. The van der Waals surface area contributed by atoms with Crippen LogP contribution in [0.1, 0.15) is 22.0 Å². The zero-order valence-electron chi connectivity index (χ0n) is 15.2. The highest BCUT2D eigenvalue weighted by Gasteiger charge is 2.49. The van der Waals surface area contributed by atoms with Crippen LogP contribution in [0.15, 0.2) is 42.5 Å². The first-order chi connectivity index (χ1) is 14.8. The summed E-state index contributed by atoms with van der Waals surface area (Å²) in [4.78, 5) is 61.9. The van der Waals surface area contributed by atoms with Crippen LogP contribution in [0.25, 0.3) is 10.2 Å². The molecule has 156 valence electrons. The molecule has 2 aromatic carbocycles. The molecule has 2 heterocycles. The van der Waals surface area contributed by atoms with Gasteiger partial charge in [-0.05, 0) is 12.1 Å². The summed E-state index contributed by atoms with van der Waals surface area (Å²) in [5.74, 6) is -3.58. The van der Waals surface area contributed by atoms with E-state index in [0.717, 1.165) is 11.3 Å². The minimum atomic E-state index is -2.15.